The molecule has 0 aliphatic carbocycles. The number of aromatic nitrogens is 2. The number of methoxy groups -OCH3 is 1. The average Bonchev–Trinajstić information content (AvgIpc) is 3.33. The van der Waals surface area contributed by atoms with Crippen LogP contribution in [0.5, 0.6) is 5.75 Å². The summed E-state index contributed by atoms with van der Waals surface area (Å²) in [5.74, 6) is 1.66. The molecule has 2 N–H and O–H groups in total. The second kappa shape index (κ2) is 11.0. The van der Waals surface area contributed by atoms with Gasteiger partial charge in [-0.05, 0) is 55.7 Å². The highest BCUT2D eigenvalue weighted by atomic mass is 16.5. The van der Waals surface area contributed by atoms with Gasteiger partial charge in [-0.1, -0.05) is 30.3 Å². The minimum absolute atomic E-state index is 0.412. The molecule has 1 aromatic heterocycles. The molecule has 0 spiro atoms. The Bertz CT molecular complexity index is 1030. The summed E-state index contributed by atoms with van der Waals surface area (Å²) in [7, 11) is 3.49. The van der Waals surface area contributed by atoms with Gasteiger partial charge in [0, 0.05) is 38.4 Å². The Morgan fingerprint density at radius 2 is 1.91 bits per heavy atom. The van der Waals surface area contributed by atoms with Crippen molar-refractivity contribution < 1.29 is 4.74 Å². The van der Waals surface area contributed by atoms with Gasteiger partial charge < -0.3 is 15.4 Å². The number of piperidine rings is 1. The molecule has 3 aromatic rings. The number of nitrogens with one attached hydrogen (secondary N) is 2. The summed E-state index contributed by atoms with van der Waals surface area (Å²) < 4.78 is 7.10. The molecule has 174 valence electrons. The van der Waals surface area contributed by atoms with Gasteiger partial charge in [0.05, 0.1) is 25.0 Å². The summed E-state index contributed by atoms with van der Waals surface area (Å²) in [5, 5.41) is 11.7. The monoisotopic (exact) mass is 446 g/mol. The molecule has 2 aromatic carbocycles. The van der Waals surface area contributed by atoms with E-state index in [0.29, 0.717) is 18.6 Å². The van der Waals surface area contributed by atoms with Crippen LogP contribution in [0.15, 0.2) is 71.9 Å². The summed E-state index contributed by atoms with van der Waals surface area (Å²) in [6.07, 6.45) is 4.17. The van der Waals surface area contributed by atoms with E-state index in [1.54, 1.807) is 7.11 Å². The predicted molar refractivity (Wildman–Crippen MR) is 133 cm³/mol. The van der Waals surface area contributed by atoms with Crippen LogP contribution in [-0.2, 0) is 13.1 Å². The Morgan fingerprint density at radius 3 is 2.61 bits per heavy atom. The first-order valence-corrected chi connectivity index (χ1v) is 11.6. The van der Waals surface area contributed by atoms with Crippen LogP contribution in [-0.4, -0.2) is 53.4 Å². The van der Waals surface area contributed by atoms with Crippen LogP contribution in [0.1, 0.15) is 31.0 Å². The highest BCUT2D eigenvalue weighted by Crippen LogP contribution is 2.20. The zero-order valence-corrected chi connectivity index (χ0v) is 19.7. The number of rotatable bonds is 7. The lowest BCUT2D eigenvalue weighted by molar-refractivity contribution is 0.134. The van der Waals surface area contributed by atoms with Gasteiger partial charge in [-0.15, -0.1) is 0 Å². The van der Waals surface area contributed by atoms with Crippen LogP contribution in [0.25, 0.3) is 5.69 Å². The summed E-state index contributed by atoms with van der Waals surface area (Å²) in [4.78, 5) is 6.99. The van der Waals surface area contributed by atoms with Crippen LogP contribution >= 0.6 is 0 Å². The molecule has 7 heteroatoms. The van der Waals surface area contributed by atoms with Crippen molar-refractivity contribution in [2.24, 2.45) is 4.99 Å². The largest absolute Gasteiger partial charge is 0.497 e. The summed E-state index contributed by atoms with van der Waals surface area (Å²) in [6, 6.07) is 21.5. The smallest absolute Gasteiger partial charge is 0.191 e. The lowest BCUT2D eigenvalue weighted by Crippen LogP contribution is -2.51. The van der Waals surface area contributed by atoms with Crippen LogP contribution in [0.4, 0.5) is 0 Å². The van der Waals surface area contributed by atoms with Gasteiger partial charge in [-0.2, -0.15) is 5.10 Å². The van der Waals surface area contributed by atoms with E-state index in [1.807, 2.05) is 48.3 Å². The number of benzene rings is 2. The molecule has 1 fully saturated rings. The van der Waals surface area contributed by atoms with Gasteiger partial charge in [0.15, 0.2) is 5.96 Å². The van der Waals surface area contributed by atoms with E-state index in [0.717, 1.165) is 49.0 Å². The van der Waals surface area contributed by atoms with Crippen LogP contribution in [0, 0.1) is 0 Å². The van der Waals surface area contributed by atoms with Crippen LogP contribution in [0.3, 0.4) is 0 Å². The molecule has 1 aliphatic rings. The molecule has 2 unspecified atom stereocenters. The molecule has 0 amide bonds. The molecular formula is C26H34N6O. The molecule has 1 saturated heterocycles. The standard InChI is InChI=1S/C26H34N6O/c1-20-17-22(13-15-31(20)19-21-7-5-4-6-8-21)29-26(27-2)28-18-23-14-16-32(30-23)24-9-11-25(33-3)12-10-24/h4-12,14,16,20,22H,13,15,17-19H2,1-3H3,(H2,27,28,29). The molecular weight excluding hydrogens is 412 g/mol. The lowest BCUT2D eigenvalue weighted by atomic mass is 9.97. The van der Waals surface area contributed by atoms with Crippen molar-refractivity contribution in [1.29, 1.82) is 0 Å². The third kappa shape index (κ3) is 6.14. The van der Waals surface area contributed by atoms with E-state index in [2.05, 4.69) is 62.9 Å². The lowest BCUT2D eigenvalue weighted by Gasteiger charge is -2.38. The molecule has 7 nitrogen and oxygen atoms in total. The second-order valence-electron chi connectivity index (χ2n) is 8.55. The Kier molecular flexibility index (Phi) is 7.62. The molecule has 2 heterocycles. The number of aliphatic imine (C=N–C) groups is 1. The van der Waals surface area contributed by atoms with Gasteiger partial charge in [-0.3, -0.25) is 9.89 Å². The first-order chi connectivity index (χ1) is 16.1. The summed E-state index contributed by atoms with van der Waals surface area (Å²) in [6.45, 7) is 5.03. The Balaban J connectivity index is 1.26. The van der Waals surface area contributed by atoms with Crippen LogP contribution < -0.4 is 15.4 Å². The van der Waals surface area contributed by atoms with E-state index < -0.39 is 0 Å². The predicted octanol–water partition coefficient (Wildman–Crippen LogP) is 3.60. The van der Waals surface area contributed by atoms with E-state index in [9.17, 15) is 0 Å². The zero-order valence-electron chi connectivity index (χ0n) is 19.7. The number of likely N-dealkylation sites (tertiary alicyclic amines) is 1. The second-order valence-corrected chi connectivity index (χ2v) is 8.55. The maximum Gasteiger partial charge on any atom is 0.191 e. The van der Waals surface area contributed by atoms with Crippen LogP contribution in [0.2, 0.25) is 0 Å². The molecule has 0 bridgehead atoms. The van der Waals surface area contributed by atoms with E-state index in [4.69, 9.17) is 4.74 Å². The number of hydrogen-bond donors (Lipinski definition) is 2. The number of ether oxygens (including phenoxy) is 1. The maximum absolute atomic E-state index is 5.23. The van der Waals surface area contributed by atoms with Gasteiger partial charge in [0.1, 0.15) is 5.75 Å². The third-order valence-corrected chi connectivity index (χ3v) is 6.22. The first kappa shape index (κ1) is 22.9. The normalized spacial score (nSPS) is 19.3. The van der Waals surface area contributed by atoms with E-state index in [1.165, 1.54) is 5.56 Å². The fourth-order valence-corrected chi connectivity index (χ4v) is 4.30. The minimum Gasteiger partial charge on any atom is -0.497 e. The quantitative estimate of drug-likeness (QED) is 0.429. The molecule has 4 rings (SSSR count). The Morgan fingerprint density at radius 1 is 1.12 bits per heavy atom. The Hall–Kier alpha value is -3.32. The third-order valence-electron chi connectivity index (χ3n) is 6.22. The van der Waals surface area contributed by atoms with Gasteiger partial charge >= 0.3 is 0 Å². The van der Waals surface area contributed by atoms with Crippen molar-refractivity contribution in [3.05, 3.63) is 78.1 Å². The van der Waals surface area contributed by atoms with Crippen molar-refractivity contribution in [3.63, 3.8) is 0 Å². The van der Waals surface area contributed by atoms with Crippen molar-refractivity contribution in [2.75, 3.05) is 20.7 Å². The number of nitrogens with zero attached hydrogens (tertiary/aromatic N) is 4. The molecule has 1 aliphatic heterocycles. The topological polar surface area (TPSA) is 66.7 Å². The fraction of sp³-hybridized carbons (Fsp3) is 0.385. The zero-order chi connectivity index (χ0) is 23.0. The van der Waals surface area contributed by atoms with Crippen molar-refractivity contribution in [2.45, 2.75) is 44.9 Å². The highest BCUT2D eigenvalue weighted by molar-refractivity contribution is 5.79. The maximum atomic E-state index is 5.23. The average molecular weight is 447 g/mol. The van der Waals surface area contributed by atoms with E-state index in [-0.39, 0.29) is 0 Å². The van der Waals surface area contributed by atoms with Gasteiger partial charge in [0.2, 0.25) is 0 Å². The SMILES string of the molecule is CN=C(NCc1ccn(-c2ccc(OC)cc2)n1)NC1CCN(Cc2ccccc2)C(C)C1. The Labute approximate surface area is 196 Å². The minimum atomic E-state index is 0.412. The number of guanidine groups is 1. The first-order valence-electron chi connectivity index (χ1n) is 11.6. The van der Waals surface area contributed by atoms with Crippen molar-refractivity contribution in [3.8, 4) is 11.4 Å². The summed E-state index contributed by atoms with van der Waals surface area (Å²) >= 11 is 0. The molecule has 2 atom stereocenters. The molecule has 0 radical (unpaired) electrons. The van der Waals surface area contributed by atoms with Crippen molar-refractivity contribution >= 4 is 5.96 Å². The summed E-state index contributed by atoms with van der Waals surface area (Å²) in [5.41, 5.74) is 3.34. The molecule has 33 heavy (non-hydrogen) atoms. The highest BCUT2D eigenvalue weighted by Gasteiger charge is 2.26. The van der Waals surface area contributed by atoms with Gasteiger partial charge in [-0.25, -0.2) is 4.68 Å². The van der Waals surface area contributed by atoms with E-state index >= 15 is 0 Å². The molecule has 0 saturated carbocycles. The fourth-order valence-electron chi connectivity index (χ4n) is 4.30. The van der Waals surface area contributed by atoms with Gasteiger partial charge in [0.25, 0.3) is 0 Å². The van der Waals surface area contributed by atoms with Crippen molar-refractivity contribution in [1.82, 2.24) is 25.3 Å². The number of hydrogen-bond acceptors (Lipinski definition) is 4.